The largest absolute Gasteiger partial charge is 0.359 e. The maximum atomic E-state index is 5.86. The Morgan fingerprint density at radius 2 is 1.12 bits per heavy atom. The van der Waals surface area contributed by atoms with Gasteiger partial charge in [-0.2, -0.15) is 0 Å². The Hall–Kier alpha value is -0.870. The highest BCUT2D eigenvalue weighted by Gasteiger charge is 2.46. The molecule has 84 valence electrons. The van der Waals surface area contributed by atoms with Gasteiger partial charge >= 0.3 is 0 Å². The van der Waals surface area contributed by atoms with Gasteiger partial charge in [-0.25, -0.2) is 0 Å². The summed E-state index contributed by atoms with van der Waals surface area (Å²) in [4.78, 5) is 0. The highest BCUT2D eigenvalue weighted by atomic mass is 127. The van der Waals surface area contributed by atoms with Crippen molar-refractivity contribution < 1.29 is 4.74 Å². The fourth-order valence-electron chi connectivity index (χ4n) is 2.75. The van der Waals surface area contributed by atoms with E-state index in [4.69, 9.17) is 4.74 Å². The van der Waals surface area contributed by atoms with Crippen LogP contribution in [0.4, 0.5) is 0 Å². The van der Waals surface area contributed by atoms with Crippen LogP contribution in [-0.4, -0.2) is 0 Å². The summed E-state index contributed by atoms with van der Waals surface area (Å²) in [5, 5.41) is 0. The van der Waals surface area contributed by atoms with E-state index in [1.165, 1.54) is 22.3 Å². The molecule has 1 aliphatic heterocycles. The maximum absolute atomic E-state index is 5.86. The lowest BCUT2D eigenvalue weighted by atomic mass is 10.00. The van der Waals surface area contributed by atoms with Crippen molar-refractivity contribution in [2.75, 3.05) is 0 Å². The van der Waals surface area contributed by atoms with Gasteiger partial charge < -0.3 is 4.74 Å². The van der Waals surface area contributed by atoms with Gasteiger partial charge in [0.1, 0.15) is 12.2 Å². The van der Waals surface area contributed by atoms with Crippen molar-refractivity contribution in [2.45, 2.75) is 16.1 Å². The van der Waals surface area contributed by atoms with E-state index in [1.807, 2.05) is 0 Å². The van der Waals surface area contributed by atoms with Crippen LogP contribution in [0, 0.1) is 0 Å². The van der Waals surface area contributed by atoms with Crippen LogP contribution in [0.25, 0.3) is 0 Å². The Morgan fingerprint density at radius 1 is 0.706 bits per heavy atom. The van der Waals surface area contributed by atoms with Gasteiger partial charge in [-0.3, -0.25) is 0 Å². The predicted octanol–water partition coefficient (Wildman–Crippen LogP) is 4.34. The van der Waals surface area contributed by atoms with E-state index in [1.54, 1.807) is 0 Å². The van der Waals surface area contributed by atoms with Crippen LogP contribution in [0.5, 0.6) is 0 Å². The summed E-state index contributed by atoms with van der Waals surface area (Å²) in [6.45, 7) is 0. The van der Waals surface area contributed by atoms with Gasteiger partial charge in [-0.1, -0.05) is 71.1 Å². The molecule has 2 atom stereocenters. The molecule has 1 aliphatic carbocycles. The molecule has 0 amide bonds. The van der Waals surface area contributed by atoms with E-state index < -0.39 is 0 Å². The van der Waals surface area contributed by atoms with Crippen molar-refractivity contribution in [3.05, 3.63) is 70.8 Å². The standard InChI is InChI=1S/C15H11IO/c16-13-9-5-1-3-7-11(9)14-15(17-14)12-8-4-2-6-10(12)13/h1-8,13-15H. The Balaban J connectivity index is 1.99. The summed E-state index contributed by atoms with van der Waals surface area (Å²) in [5.41, 5.74) is 5.55. The molecule has 1 heterocycles. The number of hydrogen-bond donors (Lipinski definition) is 0. The molecule has 4 rings (SSSR count). The van der Waals surface area contributed by atoms with Crippen LogP contribution in [0.1, 0.15) is 38.4 Å². The van der Waals surface area contributed by atoms with Gasteiger partial charge in [-0.05, 0) is 22.3 Å². The minimum Gasteiger partial charge on any atom is -0.359 e. The Kier molecular flexibility index (Phi) is 2.11. The molecule has 2 heteroatoms. The van der Waals surface area contributed by atoms with E-state index in [0.29, 0.717) is 3.92 Å². The third kappa shape index (κ3) is 1.40. The number of hydrogen-bond acceptors (Lipinski definition) is 1. The Morgan fingerprint density at radius 3 is 1.59 bits per heavy atom. The van der Waals surface area contributed by atoms with Crippen LogP contribution >= 0.6 is 22.6 Å². The van der Waals surface area contributed by atoms with Crippen LogP contribution in [-0.2, 0) is 4.74 Å². The van der Waals surface area contributed by atoms with Crippen molar-refractivity contribution in [3.63, 3.8) is 0 Å². The molecule has 2 aromatic carbocycles. The first-order valence-corrected chi connectivity index (χ1v) is 7.08. The fraction of sp³-hybridized carbons (Fsp3) is 0.200. The zero-order valence-electron chi connectivity index (χ0n) is 9.14. The third-order valence-corrected chi connectivity index (χ3v) is 4.98. The van der Waals surface area contributed by atoms with E-state index in [0.717, 1.165) is 0 Å². The zero-order chi connectivity index (χ0) is 11.4. The summed E-state index contributed by atoms with van der Waals surface area (Å²) in [6.07, 6.45) is 0.569. The first-order chi connectivity index (χ1) is 8.36. The molecule has 2 unspecified atom stereocenters. The van der Waals surface area contributed by atoms with Gasteiger partial charge in [0, 0.05) is 0 Å². The molecule has 0 saturated carbocycles. The number of benzene rings is 2. The first kappa shape index (κ1) is 10.1. The molecule has 1 saturated heterocycles. The lowest BCUT2D eigenvalue weighted by Gasteiger charge is -2.14. The van der Waals surface area contributed by atoms with E-state index >= 15 is 0 Å². The predicted molar refractivity (Wildman–Crippen MR) is 75.3 cm³/mol. The van der Waals surface area contributed by atoms with Gasteiger partial charge in [0.2, 0.25) is 0 Å². The van der Waals surface area contributed by atoms with Gasteiger partial charge in [0.05, 0.1) is 3.92 Å². The van der Waals surface area contributed by atoms with Gasteiger partial charge in [0.15, 0.2) is 0 Å². The van der Waals surface area contributed by atoms with Gasteiger partial charge in [0.25, 0.3) is 0 Å². The maximum Gasteiger partial charge on any atom is 0.114 e. The minimum absolute atomic E-state index is 0.284. The van der Waals surface area contributed by atoms with Crippen LogP contribution in [0.3, 0.4) is 0 Å². The zero-order valence-corrected chi connectivity index (χ0v) is 11.3. The second-order valence-corrected chi connectivity index (χ2v) is 5.84. The number of rotatable bonds is 0. The average molecular weight is 334 g/mol. The van der Waals surface area contributed by atoms with Crippen molar-refractivity contribution in [1.82, 2.24) is 0 Å². The molecular weight excluding hydrogens is 323 g/mol. The number of fused-ring (bicyclic) bond motifs is 5. The summed E-state index contributed by atoms with van der Waals surface area (Å²) in [7, 11) is 0. The van der Waals surface area contributed by atoms with Crippen LogP contribution < -0.4 is 0 Å². The molecule has 0 aromatic heterocycles. The quantitative estimate of drug-likeness (QED) is 0.397. The summed E-state index contributed by atoms with van der Waals surface area (Å²) >= 11 is 2.54. The average Bonchev–Trinajstić information content (AvgIpc) is 3.18. The summed E-state index contributed by atoms with van der Waals surface area (Å²) in [5.74, 6) is 0. The number of alkyl halides is 1. The Bertz CT molecular complexity index is 541. The molecule has 0 spiro atoms. The number of epoxide rings is 1. The first-order valence-electron chi connectivity index (χ1n) is 5.83. The molecule has 2 aromatic rings. The van der Waals surface area contributed by atoms with Crippen molar-refractivity contribution in [3.8, 4) is 0 Å². The normalized spacial score (nSPS) is 28.6. The topological polar surface area (TPSA) is 12.5 Å². The molecule has 0 N–H and O–H groups in total. The Labute approximate surface area is 114 Å². The molecule has 1 nitrogen and oxygen atoms in total. The van der Waals surface area contributed by atoms with Crippen molar-refractivity contribution >= 4 is 22.6 Å². The molecule has 17 heavy (non-hydrogen) atoms. The van der Waals surface area contributed by atoms with Gasteiger partial charge in [-0.15, -0.1) is 0 Å². The van der Waals surface area contributed by atoms with Crippen molar-refractivity contribution in [2.24, 2.45) is 0 Å². The monoisotopic (exact) mass is 334 g/mol. The summed E-state index contributed by atoms with van der Waals surface area (Å²) < 4.78 is 6.30. The molecule has 0 bridgehead atoms. The second kappa shape index (κ2) is 3.56. The second-order valence-electron chi connectivity index (χ2n) is 4.60. The fourth-order valence-corrected chi connectivity index (χ4v) is 3.89. The smallest absolute Gasteiger partial charge is 0.114 e. The number of ether oxygens (including phenoxy) is 1. The summed E-state index contributed by atoms with van der Waals surface area (Å²) in [6, 6.07) is 17.3. The minimum atomic E-state index is 0.284. The molecule has 1 fully saturated rings. The third-order valence-electron chi connectivity index (χ3n) is 3.64. The van der Waals surface area contributed by atoms with E-state index in [-0.39, 0.29) is 12.2 Å². The SMILES string of the molecule is IC1c2ccccc2C2OC2c2ccccc21. The number of halogens is 1. The van der Waals surface area contributed by atoms with Crippen LogP contribution in [0.15, 0.2) is 48.5 Å². The molecule has 0 radical (unpaired) electrons. The lowest BCUT2D eigenvalue weighted by molar-refractivity contribution is 0.375. The molecular formula is C15H11IO. The molecule has 2 aliphatic rings. The van der Waals surface area contributed by atoms with Crippen LogP contribution in [0.2, 0.25) is 0 Å². The lowest BCUT2D eigenvalue weighted by Crippen LogP contribution is -1.97. The highest BCUT2D eigenvalue weighted by molar-refractivity contribution is 14.1. The van der Waals surface area contributed by atoms with E-state index in [9.17, 15) is 0 Å². The highest BCUT2D eigenvalue weighted by Crippen LogP contribution is 2.58. The van der Waals surface area contributed by atoms with Crippen molar-refractivity contribution in [1.29, 1.82) is 0 Å². The van der Waals surface area contributed by atoms with E-state index in [2.05, 4.69) is 71.1 Å².